The number of thioether (sulfide) groups is 1. The van der Waals surface area contributed by atoms with Gasteiger partial charge >= 0.3 is 5.97 Å². The number of fused-ring (bicyclic) bond motifs is 2. The molecule has 0 fully saturated rings. The lowest BCUT2D eigenvalue weighted by atomic mass is 10.0. The molecule has 1 aromatic heterocycles. The summed E-state index contributed by atoms with van der Waals surface area (Å²) in [6.45, 7) is 1.85. The van der Waals surface area contributed by atoms with Crippen molar-refractivity contribution in [2.24, 2.45) is 0 Å². The smallest absolute Gasteiger partial charge is 0.317 e. The zero-order valence-electron chi connectivity index (χ0n) is 16.5. The first-order valence-electron chi connectivity index (χ1n) is 9.45. The number of aliphatic carboxylic acids is 1. The van der Waals surface area contributed by atoms with Crippen molar-refractivity contribution < 1.29 is 14.6 Å². The first kappa shape index (κ1) is 19.8. The maximum atomic E-state index is 11.7. The third-order valence-corrected chi connectivity index (χ3v) is 6.29. The van der Waals surface area contributed by atoms with Crippen molar-refractivity contribution in [1.82, 2.24) is 9.55 Å². The van der Waals surface area contributed by atoms with Crippen LogP contribution in [0.5, 0.6) is 5.75 Å². The van der Waals surface area contributed by atoms with E-state index in [0.29, 0.717) is 28.4 Å². The molecule has 30 heavy (non-hydrogen) atoms. The Morgan fingerprint density at radius 1 is 1.23 bits per heavy atom. The Morgan fingerprint density at radius 3 is 2.67 bits per heavy atom. The van der Waals surface area contributed by atoms with Gasteiger partial charge in [0.15, 0.2) is 5.16 Å². The minimum absolute atomic E-state index is 0.473. The molecule has 4 rings (SSSR count). The molecule has 3 aromatic carbocycles. The number of aromatic nitrogens is 2. The molecule has 1 atom stereocenters. The quantitative estimate of drug-likeness (QED) is 0.444. The molecule has 150 valence electrons. The van der Waals surface area contributed by atoms with Gasteiger partial charge < -0.3 is 9.84 Å². The fourth-order valence-electron chi connectivity index (χ4n) is 3.49. The lowest BCUT2D eigenvalue weighted by Crippen LogP contribution is -2.15. The average molecular weight is 417 g/mol. The molecule has 0 radical (unpaired) electrons. The van der Waals surface area contributed by atoms with E-state index >= 15 is 0 Å². The van der Waals surface area contributed by atoms with E-state index in [0.717, 1.165) is 22.0 Å². The largest absolute Gasteiger partial charge is 0.497 e. The monoisotopic (exact) mass is 417 g/mol. The van der Waals surface area contributed by atoms with Gasteiger partial charge in [-0.15, -0.1) is 0 Å². The van der Waals surface area contributed by atoms with Gasteiger partial charge in [0.05, 0.1) is 35.5 Å². The van der Waals surface area contributed by atoms with Crippen LogP contribution in [0.3, 0.4) is 0 Å². The van der Waals surface area contributed by atoms with Crippen molar-refractivity contribution in [3.05, 3.63) is 60.2 Å². The van der Waals surface area contributed by atoms with Crippen molar-refractivity contribution in [1.29, 1.82) is 5.26 Å². The highest BCUT2D eigenvalue weighted by molar-refractivity contribution is 8.00. The minimum Gasteiger partial charge on any atom is -0.497 e. The Balaban J connectivity index is 2.02. The number of benzene rings is 3. The normalized spacial score (nSPS) is 12.0. The second-order valence-corrected chi connectivity index (χ2v) is 7.90. The summed E-state index contributed by atoms with van der Waals surface area (Å²) in [5.74, 6) is -0.193. The Labute approximate surface area is 177 Å². The van der Waals surface area contributed by atoms with E-state index < -0.39 is 11.2 Å². The van der Waals surface area contributed by atoms with Crippen molar-refractivity contribution in [3.63, 3.8) is 0 Å². The van der Waals surface area contributed by atoms with Crippen LogP contribution in [0, 0.1) is 11.3 Å². The summed E-state index contributed by atoms with van der Waals surface area (Å²) in [6.07, 6.45) is 0.473. The number of carboxylic acids is 1. The summed E-state index contributed by atoms with van der Waals surface area (Å²) >= 11 is 1.22. The van der Waals surface area contributed by atoms with Crippen molar-refractivity contribution in [2.45, 2.75) is 23.8 Å². The minimum atomic E-state index is -0.872. The van der Waals surface area contributed by atoms with Gasteiger partial charge in [0.1, 0.15) is 11.0 Å². The summed E-state index contributed by atoms with van der Waals surface area (Å²) in [6, 6.07) is 19.2. The van der Waals surface area contributed by atoms with E-state index in [1.165, 1.54) is 11.8 Å². The second kappa shape index (κ2) is 8.09. The first-order valence-corrected chi connectivity index (χ1v) is 10.3. The van der Waals surface area contributed by atoms with Crippen LogP contribution in [0.15, 0.2) is 59.8 Å². The van der Waals surface area contributed by atoms with Crippen LogP contribution in [-0.4, -0.2) is 33.0 Å². The number of imidazole rings is 1. The molecule has 0 saturated carbocycles. The molecule has 1 heterocycles. The SMILES string of the molecule is CCC(Sc1nc2cc(OC)ccc2n1-c1ccc(C#N)c2ccccc12)C(=O)O. The van der Waals surface area contributed by atoms with Crippen LogP contribution in [0.4, 0.5) is 0 Å². The molecule has 1 unspecified atom stereocenters. The molecule has 0 bridgehead atoms. The highest BCUT2D eigenvalue weighted by Crippen LogP contribution is 2.36. The van der Waals surface area contributed by atoms with Crippen LogP contribution in [0.2, 0.25) is 0 Å². The molecule has 0 saturated heterocycles. The predicted molar refractivity (Wildman–Crippen MR) is 117 cm³/mol. The molecule has 1 N–H and O–H groups in total. The first-order chi connectivity index (χ1) is 14.6. The van der Waals surface area contributed by atoms with Crippen molar-refractivity contribution in [2.75, 3.05) is 7.11 Å². The van der Waals surface area contributed by atoms with Gasteiger partial charge in [-0.1, -0.05) is 43.0 Å². The average Bonchev–Trinajstić information content (AvgIpc) is 3.13. The maximum absolute atomic E-state index is 11.7. The number of hydrogen-bond acceptors (Lipinski definition) is 5. The summed E-state index contributed by atoms with van der Waals surface area (Å²) < 4.78 is 7.30. The van der Waals surface area contributed by atoms with Crippen LogP contribution >= 0.6 is 11.8 Å². The van der Waals surface area contributed by atoms with Gasteiger partial charge in [0.2, 0.25) is 0 Å². The third kappa shape index (κ3) is 3.36. The number of methoxy groups -OCH3 is 1. The maximum Gasteiger partial charge on any atom is 0.317 e. The highest BCUT2D eigenvalue weighted by atomic mass is 32.2. The zero-order valence-corrected chi connectivity index (χ0v) is 17.3. The Morgan fingerprint density at radius 2 is 2.00 bits per heavy atom. The van der Waals surface area contributed by atoms with Crippen molar-refractivity contribution >= 4 is 39.5 Å². The molecule has 0 aliphatic rings. The van der Waals surface area contributed by atoms with E-state index in [2.05, 4.69) is 6.07 Å². The number of ether oxygens (including phenoxy) is 1. The van der Waals surface area contributed by atoms with E-state index in [1.807, 2.05) is 60.0 Å². The molecule has 0 spiro atoms. The summed E-state index contributed by atoms with van der Waals surface area (Å²) in [4.78, 5) is 16.4. The lowest BCUT2D eigenvalue weighted by Gasteiger charge is -2.15. The van der Waals surface area contributed by atoms with Gasteiger partial charge in [-0.25, -0.2) is 4.98 Å². The number of nitrogens with zero attached hydrogens (tertiary/aromatic N) is 3. The summed E-state index contributed by atoms with van der Waals surface area (Å²) in [5.41, 5.74) is 2.99. The third-order valence-electron chi connectivity index (χ3n) is 4.99. The molecule has 0 aliphatic carbocycles. The fraction of sp³-hybridized carbons (Fsp3) is 0.174. The van der Waals surface area contributed by atoms with Gasteiger partial charge in [-0.3, -0.25) is 9.36 Å². The molecular formula is C23H19N3O3S. The van der Waals surface area contributed by atoms with Crippen LogP contribution in [0.1, 0.15) is 18.9 Å². The Hall–Kier alpha value is -3.50. The van der Waals surface area contributed by atoms with E-state index in [1.54, 1.807) is 13.2 Å². The number of nitriles is 1. The van der Waals surface area contributed by atoms with Gasteiger partial charge in [-0.05, 0) is 30.7 Å². The van der Waals surface area contributed by atoms with Crippen molar-refractivity contribution in [3.8, 4) is 17.5 Å². The zero-order chi connectivity index (χ0) is 21.3. The number of carboxylic acid groups (broad SMARTS) is 1. The number of rotatable bonds is 6. The number of carbonyl (C=O) groups is 1. The Kier molecular flexibility index (Phi) is 5.34. The standard InChI is InChI=1S/C23H19N3O3S/c1-3-21(22(27)28)30-23-25-18-12-15(29-2)9-11-20(18)26(23)19-10-8-14(13-24)16-6-4-5-7-17(16)19/h4-12,21H,3H2,1-2H3,(H,27,28). The fourth-order valence-corrected chi connectivity index (χ4v) is 4.46. The molecule has 7 heteroatoms. The molecule has 0 aliphatic heterocycles. The lowest BCUT2D eigenvalue weighted by molar-refractivity contribution is -0.136. The summed E-state index contributed by atoms with van der Waals surface area (Å²) in [7, 11) is 1.60. The predicted octanol–water partition coefficient (Wildman–Crippen LogP) is 5.01. The van der Waals surface area contributed by atoms with Gasteiger partial charge in [0.25, 0.3) is 0 Å². The molecule has 6 nitrogen and oxygen atoms in total. The highest BCUT2D eigenvalue weighted by Gasteiger charge is 2.23. The summed E-state index contributed by atoms with van der Waals surface area (Å²) in [5, 5.41) is 20.8. The van der Waals surface area contributed by atoms with Gasteiger partial charge in [-0.2, -0.15) is 5.26 Å². The van der Waals surface area contributed by atoms with Crippen LogP contribution < -0.4 is 4.74 Å². The second-order valence-electron chi connectivity index (χ2n) is 6.73. The molecule has 0 amide bonds. The van der Waals surface area contributed by atoms with Gasteiger partial charge in [0, 0.05) is 16.8 Å². The van der Waals surface area contributed by atoms with Crippen LogP contribution in [-0.2, 0) is 4.79 Å². The topological polar surface area (TPSA) is 88.1 Å². The van der Waals surface area contributed by atoms with E-state index in [4.69, 9.17) is 9.72 Å². The van der Waals surface area contributed by atoms with Crippen LogP contribution in [0.25, 0.3) is 27.5 Å². The molecule has 4 aromatic rings. The van der Waals surface area contributed by atoms with E-state index in [-0.39, 0.29) is 0 Å². The Bertz CT molecular complexity index is 1310. The number of hydrogen-bond donors (Lipinski definition) is 1. The van der Waals surface area contributed by atoms with E-state index in [9.17, 15) is 15.2 Å². The molecular weight excluding hydrogens is 398 g/mol.